The SMILES string of the molecule is CCCCn1nnc(NC(=O)COc2ccc(C3CCCCC3)cc2)n1. The fourth-order valence-corrected chi connectivity index (χ4v) is 3.27. The number of aryl methyl sites for hydroxylation is 1. The lowest BCUT2D eigenvalue weighted by molar-refractivity contribution is -0.118. The summed E-state index contributed by atoms with van der Waals surface area (Å²) in [6.07, 6.45) is 8.57. The molecule has 1 aromatic heterocycles. The van der Waals surface area contributed by atoms with Gasteiger partial charge in [0.1, 0.15) is 5.75 Å². The average molecular weight is 357 g/mol. The Bertz CT molecular complexity index is 692. The first-order valence-corrected chi connectivity index (χ1v) is 9.55. The summed E-state index contributed by atoms with van der Waals surface area (Å²) in [5.41, 5.74) is 1.37. The second kappa shape index (κ2) is 9.31. The molecule has 1 amide bonds. The first-order valence-electron chi connectivity index (χ1n) is 9.55. The Kier molecular flexibility index (Phi) is 6.57. The van der Waals surface area contributed by atoms with Crippen molar-refractivity contribution in [3.05, 3.63) is 29.8 Å². The van der Waals surface area contributed by atoms with Crippen LogP contribution in [0, 0.1) is 0 Å². The van der Waals surface area contributed by atoms with E-state index < -0.39 is 0 Å². The molecule has 7 nitrogen and oxygen atoms in total. The van der Waals surface area contributed by atoms with Crippen molar-refractivity contribution in [1.29, 1.82) is 0 Å². The van der Waals surface area contributed by atoms with Crippen molar-refractivity contribution in [2.24, 2.45) is 0 Å². The highest BCUT2D eigenvalue weighted by Crippen LogP contribution is 2.33. The monoisotopic (exact) mass is 357 g/mol. The number of anilines is 1. The summed E-state index contributed by atoms with van der Waals surface area (Å²) >= 11 is 0. The molecular formula is C19H27N5O2. The van der Waals surface area contributed by atoms with Crippen LogP contribution in [0.15, 0.2) is 24.3 Å². The fourth-order valence-electron chi connectivity index (χ4n) is 3.27. The van der Waals surface area contributed by atoms with Crippen LogP contribution in [0.1, 0.15) is 63.4 Å². The summed E-state index contributed by atoms with van der Waals surface area (Å²) in [7, 11) is 0. The van der Waals surface area contributed by atoms with Crippen LogP contribution >= 0.6 is 0 Å². The largest absolute Gasteiger partial charge is 0.484 e. The van der Waals surface area contributed by atoms with E-state index in [1.165, 1.54) is 42.5 Å². The molecule has 0 radical (unpaired) electrons. The van der Waals surface area contributed by atoms with E-state index in [4.69, 9.17) is 4.74 Å². The number of tetrazole rings is 1. The van der Waals surface area contributed by atoms with E-state index in [1.807, 2.05) is 12.1 Å². The van der Waals surface area contributed by atoms with Gasteiger partial charge in [-0.2, -0.15) is 4.80 Å². The van der Waals surface area contributed by atoms with Gasteiger partial charge in [-0.1, -0.05) is 49.8 Å². The number of hydrogen-bond donors (Lipinski definition) is 1. The van der Waals surface area contributed by atoms with Gasteiger partial charge in [-0.25, -0.2) is 0 Å². The summed E-state index contributed by atoms with van der Waals surface area (Å²) in [5.74, 6) is 1.28. The third-order valence-corrected chi connectivity index (χ3v) is 4.74. The van der Waals surface area contributed by atoms with Crippen LogP contribution in [0.3, 0.4) is 0 Å². The molecule has 1 saturated carbocycles. The number of carbonyl (C=O) groups excluding carboxylic acids is 1. The summed E-state index contributed by atoms with van der Waals surface area (Å²) < 4.78 is 5.56. The van der Waals surface area contributed by atoms with Crippen molar-refractivity contribution in [3.63, 3.8) is 0 Å². The summed E-state index contributed by atoms with van der Waals surface area (Å²) in [6.45, 7) is 2.72. The zero-order valence-electron chi connectivity index (χ0n) is 15.4. The topological polar surface area (TPSA) is 81.9 Å². The van der Waals surface area contributed by atoms with Crippen LogP contribution in [0.2, 0.25) is 0 Å². The quantitative estimate of drug-likeness (QED) is 0.781. The van der Waals surface area contributed by atoms with Crippen LogP contribution in [0.4, 0.5) is 5.95 Å². The molecular weight excluding hydrogens is 330 g/mol. The first-order chi connectivity index (χ1) is 12.7. The molecule has 0 aliphatic heterocycles. The number of nitrogens with one attached hydrogen (secondary N) is 1. The number of ether oxygens (including phenoxy) is 1. The molecule has 0 unspecified atom stereocenters. The molecule has 0 atom stereocenters. The van der Waals surface area contributed by atoms with Crippen molar-refractivity contribution in [1.82, 2.24) is 20.2 Å². The Hall–Kier alpha value is -2.44. The van der Waals surface area contributed by atoms with Crippen molar-refractivity contribution in [2.45, 2.75) is 64.3 Å². The molecule has 1 aromatic carbocycles. The second-order valence-corrected chi connectivity index (χ2v) is 6.80. The van der Waals surface area contributed by atoms with E-state index in [-0.39, 0.29) is 18.5 Å². The van der Waals surface area contributed by atoms with Gasteiger partial charge in [0.25, 0.3) is 11.9 Å². The van der Waals surface area contributed by atoms with E-state index >= 15 is 0 Å². The van der Waals surface area contributed by atoms with Crippen LogP contribution in [0.5, 0.6) is 5.75 Å². The third-order valence-electron chi connectivity index (χ3n) is 4.74. The number of carbonyl (C=O) groups is 1. The number of hydrogen-bond acceptors (Lipinski definition) is 5. The molecule has 1 heterocycles. The lowest BCUT2D eigenvalue weighted by atomic mass is 9.84. The summed E-state index contributed by atoms with van der Waals surface area (Å²) in [4.78, 5) is 13.5. The molecule has 3 rings (SSSR count). The van der Waals surface area contributed by atoms with E-state index in [9.17, 15) is 4.79 Å². The number of unbranched alkanes of at least 4 members (excludes halogenated alkanes) is 1. The third kappa shape index (κ3) is 5.28. The molecule has 1 aliphatic rings. The normalized spacial score (nSPS) is 15.0. The first kappa shape index (κ1) is 18.4. The number of aromatic nitrogens is 4. The van der Waals surface area contributed by atoms with Crippen LogP contribution < -0.4 is 10.1 Å². The van der Waals surface area contributed by atoms with Crippen LogP contribution in [-0.4, -0.2) is 32.7 Å². The highest BCUT2D eigenvalue weighted by atomic mass is 16.5. The van der Waals surface area contributed by atoms with Crippen molar-refractivity contribution in [3.8, 4) is 5.75 Å². The van der Waals surface area contributed by atoms with E-state index in [0.717, 1.165) is 12.8 Å². The van der Waals surface area contributed by atoms with Gasteiger partial charge >= 0.3 is 0 Å². The summed E-state index contributed by atoms with van der Waals surface area (Å²) in [6, 6.07) is 8.11. The maximum atomic E-state index is 12.0. The molecule has 1 aliphatic carbocycles. The zero-order valence-corrected chi connectivity index (χ0v) is 15.4. The minimum Gasteiger partial charge on any atom is -0.484 e. The Morgan fingerprint density at radius 3 is 2.73 bits per heavy atom. The average Bonchev–Trinajstić information content (AvgIpc) is 3.13. The second-order valence-electron chi connectivity index (χ2n) is 6.80. The standard InChI is InChI=1S/C19H27N5O2/c1-2-3-13-24-22-19(21-23-24)20-18(25)14-26-17-11-9-16(10-12-17)15-7-5-4-6-8-15/h9-12,15H,2-8,13-14H2,1H3,(H,20,22,25). The van der Waals surface area contributed by atoms with E-state index in [1.54, 1.807) is 0 Å². The Labute approximate surface area is 154 Å². The predicted molar refractivity (Wildman–Crippen MR) is 99.1 cm³/mol. The van der Waals surface area contributed by atoms with Gasteiger partial charge in [0, 0.05) is 0 Å². The van der Waals surface area contributed by atoms with Crippen molar-refractivity contribution >= 4 is 11.9 Å². The molecule has 0 spiro atoms. The van der Waals surface area contributed by atoms with E-state index in [2.05, 4.69) is 39.8 Å². The van der Waals surface area contributed by atoms with Crippen molar-refractivity contribution < 1.29 is 9.53 Å². The van der Waals surface area contributed by atoms with Gasteiger partial charge < -0.3 is 4.74 Å². The minimum absolute atomic E-state index is 0.0771. The molecule has 140 valence electrons. The highest BCUT2D eigenvalue weighted by Gasteiger charge is 2.15. The lowest BCUT2D eigenvalue weighted by Crippen LogP contribution is -2.21. The minimum atomic E-state index is -0.295. The molecule has 7 heteroatoms. The van der Waals surface area contributed by atoms with E-state index in [0.29, 0.717) is 18.2 Å². The summed E-state index contributed by atoms with van der Waals surface area (Å²) in [5, 5.41) is 14.4. The van der Waals surface area contributed by atoms with Crippen molar-refractivity contribution in [2.75, 3.05) is 11.9 Å². The molecule has 26 heavy (non-hydrogen) atoms. The lowest BCUT2D eigenvalue weighted by Gasteiger charge is -2.22. The van der Waals surface area contributed by atoms with Crippen LogP contribution in [0.25, 0.3) is 0 Å². The number of amides is 1. The predicted octanol–water partition coefficient (Wildman–Crippen LogP) is 3.54. The van der Waals surface area contributed by atoms with Gasteiger partial charge in [-0.15, -0.1) is 5.10 Å². The zero-order chi connectivity index (χ0) is 18.2. The number of benzene rings is 1. The maximum absolute atomic E-state index is 12.0. The van der Waals surface area contributed by atoms with Gasteiger partial charge in [-0.3, -0.25) is 10.1 Å². The van der Waals surface area contributed by atoms with Gasteiger partial charge in [0.2, 0.25) is 0 Å². The Morgan fingerprint density at radius 2 is 2.00 bits per heavy atom. The molecule has 2 aromatic rings. The smallest absolute Gasteiger partial charge is 0.270 e. The molecule has 0 bridgehead atoms. The number of nitrogens with zero attached hydrogens (tertiary/aromatic N) is 4. The molecule has 1 N–H and O–H groups in total. The molecule has 1 fully saturated rings. The maximum Gasteiger partial charge on any atom is 0.270 e. The van der Waals surface area contributed by atoms with Gasteiger partial charge in [0.15, 0.2) is 6.61 Å². The fraction of sp³-hybridized carbons (Fsp3) is 0.579. The van der Waals surface area contributed by atoms with Gasteiger partial charge in [-0.05, 0) is 48.1 Å². The number of rotatable bonds is 8. The Balaban J connectivity index is 1.44. The molecule has 0 saturated heterocycles. The van der Waals surface area contributed by atoms with Crippen LogP contribution in [-0.2, 0) is 11.3 Å². The Morgan fingerprint density at radius 1 is 1.23 bits per heavy atom. The highest BCUT2D eigenvalue weighted by molar-refractivity contribution is 5.90. The van der Waals surface area contributed by atoms with Gasteiger partial charge in [0.05, 0.1) is 6.54 Å².